The van der Waals surface area contributed by atoms with E-state index in [9.17, 15) is 0 Å². The Morgan fingerprint density at radius 3 is 1.70 bits per heavy atom. The number of nitrogens with zero attached hydrogens (tertiary/aromatic N) is 5. The Bertz CT molecular complexity index is 2060. The summed E-state index contributed by atoms with van der Waals surface area (Å²) in [6.07, 6.45) is 0. The summed E-state index contributed by atoms with van der Waals surface area (Å²) in [5.41, 5.74) is 16.6. The largest absolute Gasteiger partial charge is 0.504 e. The van der Waals surface area contributed by atoms with Crippen molar-refractivity contribution < 1.29 is 20.4 Å². The molecular formula is C40H29BN5Pd-3. The van der Waals surface area contributed by atoms with Gasteiger partial charge in [0.05, 0.1) is 18.0 Å². The van der Waals surface area contributed by atoms with Crippen molar-refractivity contribution >= 4 is 63.3 Å². The summed E-state index contributed by atoms with van der Waals surface area (Å²) in [5, 5.41) is 0. The maximum Gasteiger partial charge on any atom is 0.278 e. The fourth-order valence-corrected chi connectivity index (χ4v) is 7.87. The first-order valence-electron chi connectivity index (χ1n) is 15.8. The molecule has 0 unspecified atom stereocenters. The van der Waals surface area contributed by atoms with Gasteiger partial charge in [-0.25, -0.2) is 0 Å². The summed E-state index contributed by atoms with van der Waals surface area (Å²) in [5.74, 6) is 0. The van der Waals surface area contributed by atoms with E-state index in [1.54, 1.807) is 0 Å². The van der Waals surface area contributed by atoms with Gasteiger partial charge in [0, 0.05) is 50.2 Å². The molecule has 7 heteroatoms. The maximum absolute atomic E-state index is 4.00. The fraction of sp³-hybridized carbons (Fsp3) is 0.0750. The van der Waals surface area contributed by atoms with Crippen LogP contribution >= 0.6 is 0 Å². The van der Waals surface area contributed by atoms with Gasteiger partial charge in [-0.05, 0) is 43.4 Å². The minimum atomic E-state index is -0.0964. The van der Waals surface area contributed by atoms with Gasteiger partial charge in [-0.1, -0.05) is 77.5 Å². The first kappa shape index (κ1) is 28.3. The van der Waals surface area contributed by atoms with Crippen molar-refractivity contribution in [2.45, 2.75) is 0 Å². The minimum Gasteiger partial charge on any atom is -0.504 e. The van der Waals surface area contributed by atoms with E-state index in [-0.39, 0.29) is 27.3 Å². The van der Waals surface area contributed by atoms with Crippen molar-refractivity contribution in [2.75, 3.05) is 45.2 Å². The van der Waals surface area contributed by atoms with Crippen LogP contribution in [0.15, 0.2) is 121 Å². The number of hydrogen-bond donors (Lipinski definition) is 0. The molecule has 47 heavy (non-hydrogen) atoms. The van der Waals surface area contributed by atoms with Gasteiger partial charge in [0.1, 0.15) is 0 Å². The molecule has 0 radical (unpaired) electrons. The van der Waals surface area contributed by atoms with Crippen molar-refractivity contribution in [1.29, 1.82) is 0 Å². The van der Waals surface area contributed by atoms with E-state index >= 15 is 0 Å². The molecule has 0 aliphatic carbocycles. The summed E-state index contributed by atoms with van der Waals surface area (Å²) in [7, 11) is 4.26. The second-order valence-electron chi connectivity index (χ2n) is 12.5. The Morgan fingerprint density at radius 2 is 1.04 bits per heavy atom. The van der Waals surface area contributed by atoms with Crippen LogP contribution in [0.4, 0.5) is 45.5 Å². The van der Waals surface area contributed by atoms with E-state index in [4.69, 9.17) is 0 Å². The second kappa shape index (κ2) is 10.5. The molecule has 0 saturated carbocycles. The van der Waals surface area contributed by atoms with Crippen molar-refractivity contribution in [2.24, 2.45) is 0 Å². The van der Waals surface area contributed by atoms with Crippen molar-refractivity contribution in [3.05, 3.63) is 140 Å². The third-order valence-electron chi connectivity index (χ3n) is 9.93. The van der Waals surface area contributed by atoms with Crippen LogP contribution in [0, 0.1) is 18.8 Å². The predicted molar refractivity (Wildman–Crippen MR) is 192 cm³/mol. The van der Waals surface area contributed by atoms with Crippen LogP contribution in [-0.4, -0.2) is 27.6 Å². The van der Waals surface area contributed by atoms with E-state index < -0.39 is 0 Å². The third kappa shape index (κ3) is 4.00. The molecule has 0 saturated heterocycles. The second-order valence-corrected chi connectivity index (χ2v) is 12.5. The average Bonchev–Trinajstić information content (AvgIpc) is 3.64. The number of fused-ring (bicyclic) bond motifs is 13. The molecular weight excluding hydrogens is 668 g/mol. The molecule has 0 spiro atoms. The summed E-state index contributed by atoms with van der Waals surface area (Å²) in [6, 6.07) is 51.8. The van der Waals surface area contributed by atoms with Gasteiger partial charge in [0.2, 0.25) is 0 Å². The van der Waals surface area contributed by atoms with Crippen LogP contribution in [0.25, 0.3) is 22.3 Å². The molecule has 0 N–H and O–H groups in total. The van der Waals surface area contributed by atoms with Crippen LogP contribution in [-0.2, 0) is 20.4 Å². The first-order valence-corrected chi connectivity index (χ1v) is 15.8. The van der Waals surface area contributed by atoms with Crippen molar-refractivity contribution in [3.8, 4) is 22.3 Å². The SMILES string of the molecule is CN1[CH-]N(c2[c-]c3c(cc2)-c2ccccc2N2B3c3[c-]c(N4CN(C)c5ccccc54)ccc3-c3ccccc32)c2ccccc21.[Pd]. The van der Waals surface area contributed by atoms with Gasteiger partial charge in [0.25, 0.3) is 6.85 Å². The molecule has 6 aromatic rings. The molecule has 0 amide bonds. The Morgan fingerprint density at radius 1 is 0.532 bits per heavy atom. The Balaban J connectivity index is 0.00000302. The van der Waals surface area contributed by atoms with Gasteiger partial charge in [-0.2, -0.15) is 41.9 Å². The summed E-state index contributed by atoms with van der Waals surface area (Å²) in [6.45, 7) is 2.85. The predicted octanol–water partition coefficient (Wildman–Crippen LogP) is 7.44. The average molecular weight is 697 g/mol. The normalized spacial score (nSPS) is 14.9. The molecule has 6 aromatic carbocycles. The van der Waals surface area contributed by atoms with Crippen molar-refractivity contribution in [1.82, 2.24) is 0 Å². The Kier molecular flexibility index (Phi) is 6.34. The topological polar surface area (TPSA) is 16.2 Å². The Hall–Kier alpha value is -4.95. The van der Waals surface area contributed by atoms with Gasteiger partial charge in [-0.3, -0.25) is 0 Å². The molecule has 4 aliphatic rings. The van der Waals surface area contributed by atoms with Gasteiger partial charge >= 0.3 is 0 Å². The number of anilines is 8. The zero-order valence-corrected chi connectivity index (χ0v) is 27.5. The molecule has 10 rings (SSSR count). The van der Waals surface area contributed by atoms with Crippen LogP contribution in [0.2, 0.25) is 0 Å². The summed E-state index contributed by atoms with van der Waals surface area (Å²) >= 11 is 0. The summed E-state index contributed by atoms with van der Waals surface area (Å²) < 4.78 is 0. The van der Waals surface area contributed by atoms with Gasteiger partial charge < -0.3 is 24.4 Å². The minimum absolute atomic E-state index is 0. The molecule has 230 valence electrons. The quantitative estimate of drug-likeness (QED) is 0.138. The number of para-hydroxylation sites is 6. The third-order valence-corrected chi connectivity index (χ3v) is 9.93. The Labute approximate surface area is 290 Å². The number of rotatable bonds is 2. The molecule has 0 fully saturated rings. The van der Waals surface area contributed by atoms with Crippen LogP contribution in [0.3, 0.4) is 0 Å². The smallest absolute Gasteiger partial charge is 0.278 e. The zero-order valence-electron chi connectivity index (χ0n) is 26.0. The summed E-state index contributed by atoms with van der Waals surface area (Å²) in [4.78, 5) is 11.6. The van der Waals surface area contributed by atoms with Crippen LogP contribution in [0.5, 0.6) is 0 Å². The molecule has 5 nitrogen and oxygen atoms in total. The maximum atomic E-state index is 4.00. The standard InChI is InChI=1S/C40H29BN5.Pd/c1-42-25-44(39-17-9-7-15-37(39)42)27-19-21-29-31-11-3-5-13-35(31)46-36-14-6-4-12-32(36)30-22-20-28(24-34(30)41(46)33(29)23-27)45-26-43(2)38-16-8-10-18-40(38)45;/h3-22,25H,26H2,1-2H3;/q-3;. The van der Waals surface area contributed by atoms with Crippen LogP contribution < -0.4 is 35.3 Å². The fourth-order valence-electron chi connectivity index (χ4n) is 7.87. The van der Waals surface area contributed by atoms with Crippen LogP contribution in [0.1, 0.15) is 0 Å². The van der Waals surface area contributed by atoms with E-state index in [1.165, 1.54) is 61.6 Å². The van der Waals surface area contributed by atoms with Gasteiger partial charge in [0.15, 0.2) is 0 Å². The van der Waals surface area contributed by atoms with Gasteiger partial charge in [-0.15, -0.1) is 28.9 Å². The molecule has 0 bridgehead atoms. The zero-order chi connectivity index (χ0) is 30.5. The van der Waals surface area contributed by atoms with E-state index in [2.05, 4.69) is 179 Å². The first-order chi connectivity index (χ1) is 22.7. The molecule has 4 aliphatic heterocycles. The van der Waals surface area contributed by atoms with E-state index in [1.807, 2.05) is 0 Å². The molecule has 0 atom stereocenters. The van der Waals surface area contributed by atoms with E-state index in [0.717, 1.165) is 23.7 Å². The number of hydrogen-bond acceptors (Lipinski definition) is 5. The number of benzene rings is 6. The van der Waals surface area contributed by atoms with Crippen molar-refractivity contribution in [3.63, 3.8) is 0 Å². The van der Waals surface area contributed by atoms with E-state index in [0.29, 0.717) is 0 Å². The monoisotopic (exact) mass is 696 g/mol. The molecule has 4 heterocycles. The molecule has 0 aromatic heterocycles.